The van der Waals surface area contributed by atoms with Crippen LogP contribution >= 0.6 is 11.8 Å². The van der Waals surface area contributed by atoms with Gasteiger partial charge in [-0.1, -0.05) is 11.8 Å². The number of benzene rings is 2. The van der Waals surface area contributed by atoms with E-state index in [2.05, 4.69) is 15.5 Å². The van der Waals surface area contributed by atoms with Crippen molar-refractivity contribution in [3.8, 4) is 17.1 Å². The van der Waals surface area contributed by atoms with Gasteiger partial charge < -0.3 is 14.6 Å². The van der Waals surface area contributed by atoms with Crippen LogP contribution in [0.1, 0.15) is 20.7 Å². The maximum atomic E-state index is 12.4. The molecule has 1 aromatic heterocycles. The number of ether oxygens (including phenoxy) is 1. The lowest BCUT2D eigenvalue weighted by Crippen LogP contribution is -2.24. The van der Waals surface area contributed by atoms with Gasteiger partial charge in [-0.05, 0) is 42.5 Å². The van der Waals surface area contributed by atoms with Gasteiger partial charge in [0.05, 0.1) is 24.0 Å². The number of nitrogens with zero attached hydrogens (tertiary/aromatic N) is 4. The molecular weight excluding hydrogens is 418 g/mol. The van der Waals surface area contributed by atoms with Crippen LogP contribution in [-0.2, 0) is 11.8 Å². The Balaban J connectivity index is 1.40. The summed E-state index contributed by atoms with van der Waals surface area (Å²) in [7, 11) is 4.87. The average Bonchev–Trinajstić information content (AvgIpc) is 3.25. The molecule has 158 valence electrons. The quantitative estimate of drug-likeness (QED) is 0.466. The largest absolute Gasteiger partial charge is 0.497 e. The van der Waals surface area contributed by atoms with Gasteiger partial charge in [-0.15, -0.1) is 10.2 Å². The van der Waals surface area contributed by atoms with Crippen LogP contribution in [0.15, 0.2) is 47.6 Å². The number of anilines is 1. The van der Waals surface area contributed by atoms with Gasteiger partial charge in [0.15, 0.2) is 11.0 Å². The minimum atomic E-state index is -0.379. The highest BCUT2D eigenvalue weighted by Gasteiger charge is 2.32. The summed E-state index contributed by atoms with van der Waals surface area (Å²) < 4.78 is 6.98. The van der Waals surface area contributed by atoms with E-state index in [1.807, 2.05) is 35.9 Å². The van der Waals surface area contributed by atoms with E-state index in [9.17, 15) is 14.4 Å². The molecular formula is C21H19N5O4S. The molecule has 10 heteroatoms. The Labute approximate surface area is 182 Å². The van der Waals surface area contributed by atoms with Gasteiger partial charge in [0, 0.05) is 25.3 Å². The number of nitrogens with one attached hydrogen (secondary N) is 1. The maximum absolute atomic E-state index is 12.4. The topological polar surface area (TPSA) is 106 Å². The number of thioether (sulfide) groups is 1. The van der Waals surface area contributed by atoms with E-state index in [1.165, 1.54) is 24.9 Å². The van der Waals surface area contributed by atoms with Gasteiger partial charge in [-0.3, -0.25) is 19.3 Å². The number of amides is 3. The van der Waals surface area contributed by atoms with Gasteiger partial charge in [0.2, 0.25) is 5.91 Å². The number of carbonyl (C=O) groups excluding carboxylic acids is 3. The fraction of sp³-hybridized carbons (Fsp3) is 0.190. The first-order chi connectivity index (χ1) is 14.9. The third-order valence-corrected chi connectivity index (χ3v) is 5.91. The molecule has 4 rings (SSSR count). The molecule has 1 N–H and O–H groups in total. The fourth-order valence-electron chi connectivity index (χ4n) is 3.20. The predicted octanol–water partition coefficient (Wildman–Crippen LogP) is 2.45. The first-order valence-corrected chi connectivity index (χ1v) is 10.3. The van der Waals surface area contributed by atoms with E-state index >= 15 is 0 Å². The van der Waals surface area contributed by atoms with Gasteiger partial charge >= 0.3 is 0 Å². The summed E-state index contributed by atoms with van der Waals surface area (Å²) in [4.78, 5) is 37.5. The SMILES string of the molecule is COc1ccc(-c2nnc(SCC(=O)Nc3ccc4c(c3)C(=O)N(C)C4=O)n2C)cc1. The molecule has 0 spiro atoms. The highest BCUT2D eigenvalue weighted by atomic mass is 32.2. The Hall–Kier alpha value is -3.66. The van der Waals surface area contributed by atoms with Crippen LogP contribution in [-0.4, -0.2) is 57.3 Å². The zero-order valence-electron chi connectivity index (χ0n) is 17.1. The van der Waals surface area contributed by atoms with Crippen LogP contribution in [0.25, 0.3) is 11.4 Å². The number of hydrogen-bond acceptors (Lipinski definition) is 7. The second-order valence-corrected chi connectivity index (χ2v) is 7.80. The predicted molar refractivity (Wildman–Crippen MR) is 115 cm³/mol. The van der Waals surface area contributed by atoms with E-state index < -0.39 is 0 Å². The van der Waals surface area contributed by atoms with Crippen LogP contribution in [0.4, 0.5) is 5.69 Å². The van der Waals surface area contributed by atoms with E-state index in [0.717, 1.165) is 16.2 Å². The Kier molecular flexibility index (Phi) is 5.47. The summed E-state index contributed by atoms with van der Waals surface area (Å²) in [6.45, 7) is 0. The van der Waals surface area contributed by atoms with Gasteiger partial charge in [-0.2, -0.15) is 0 Å². The molecule has 0 atom stereocenters. The molecule has 2 aromatic carbocycles. The molecule has 0 aliphatic carbocycles. The highest BCUT2D eigenvalue weighted by Crippen LogP contribution is 2.26. The summed E-state index contributed by atoms with van der Waals surface area (Å²) in [5.41, 5.74) is 1.97. The van der Waals surface area contributed by atoms with Gasteiger partial charge in [0.25, 0.3) is 11.8 Å². The monoisotopic (exact) mass is 437 g/mol. The van der Waals surface area contributed by atoms with E-state index in [-0.39, 0.29) is 29.0 Å². The van der Waals surface area contributed by atoms with Crippen LogP contribution < -0.4 is 10.1 Å². The van der Waals surface area contributed by atoms with E-state index in [1.54, 1.807) is 19.2 Å². The second kappa shape index (κ2) is 8.23. The molecule has 0 radical (unpaired) electrons. The maximum Gasteiger partial charge on any atom is 0.261 e. The number of rotatable bonds is 6. The minimum Gasteiger partial charge on any atom is -0.497 e. The summed E-state index contributed by atoms with van der Waals surface area (Å²) in [6, 6.07) is 12.1. The van der Waals surface area contributed by atoms with Crippen molar-refractivity contribution in [2.75, 3.05) is 25.2 Å². The Morgan fingerprint density at radius 3 is 2.45 bits per heavy atom. The summed E-state index contributed by atoms with van der Waals surface area (Å²) >= 11 is 1.25. The Bertz CT molecular complexity index is 1190. The Morgan fingerprint density at radius 1 is 1.03 bits per heavy atom. The van der Waals surface area contributed by atoms with Crippen molar-refractivity contribution in [3.63, 3.8) is 0 Å². The van der Waals surface area contributed by atoms with Crippen molar-refractivity contribution >= 4 is 35.2 Å². The fourth-order valence-corrected chi connectivity index (χ4v) is 3.91. The molecule has 1 aliphatic rings. The third kappa shape index (κ3) is 3.89. The Morgan fingerprint density at radius 2 is 1.74 bits per heavy atom. The summed E-state index contributed by atoms with van der Waals surface area (Å²) in [5, 5.41) is 11.7. The van der Waals surface area contributed by atoms with Crippen molar-refractivity contribution in [2.24, 2.45) is 7.05 Å². The smallest absolute Gasteiger partial charge is 0.261 e. The van der Waals surface area contributed by atoms with Crippen LogP contribution in [0, 0.1) is 0 Å². The van der Waals surface area contributed by atoms with Crippen molar-refractivity contribution in [2.45, 2.75) is 5.16 Å². The van der Waals surface area contributed by atoms with E-state index in [4.69, 9.17) is 4.74 Å². The molecule has 2 heterocycles. The van der Waals surface area contributed by atoms with Crippen molar-refractivity contribution < 1.29 is 19.1 Å². The van der Waals surface area contributed by atoms with Gasteiger partial charge in [-0.25, -0.2) is 0 Å². The molecule has 3 aromatic rings. The average molecular weight is 437 g/mol. The molecule has 0 saturated carbocycles. The van der Waals surface area contributed by atoms with Crippen LogP contribution in [0.2, 0.25) is 0 Å². The lowest BCUT2D eigenvalue weighted by Gasteiger charge is -2.07. The molecule has 3 amide bonds. The molecule has 0 bridgehead atoms. The number of methoxy groups -OCH3 is 1. The first-order valence-electron chi connectivity index (χ1n) is 9.32. The first kappa shape index (κ1) is 20.6. The minimum absolute atomic E-state index is 0.110. The third-order valence-electron chi connectivity index (χ3n) is 4.89. The second-order valence-electron chi connectivity index (χ2n) is 6.86. The van der Waals surface area contributed by atoms with Crippen molar-refractivity contribution in [1.82, 2.24) is 19.7 Å². The molecule has 9 nitrogen and oxygen atoms in total. The number of carbonyl (C=O) groups is 3. The van der Waals surface area contributed by atoms with E-state index in [0.29, 0.717) is 22.2 Å². The summed E-state index contributed by atoms with van der Waals surface area (Å²) in [6.07, 6.45) is 0. The molecule has 0 saturated heterocycles. The zero-order valence-corrected chi connectivity index (χ0v) is 17.9. The normalized spacial score (nSPS) is 12.8. The number of imide groups is 1. The highest BCUT2D eigenvalue weighted by molar-refractivity contribution is 7.99. The number of aromatic nitrogens is 3. The molecule has 31 heavy (non-hydrogen) atoms. The van der Waals surface area contributed by atoms with Crippen molar-refractivity contribution in [3.05, 3.63) is 53.6 Å². The van der Waals surface area contributed by atoms with Crippen LogP contribution in [0.5, 0.6) is 5.75 Å². The molecule has 0 unspecified atom stereocenters. The number of fused-ring (bicyclic) bond motifs is 1. The zero-order chi connectivity index (χ0) is 22.1. The molecule has 1 aliphatic heterocycles. The molecule has 0 fully saturated rings. The lowest BCUT2D eigenvalue weighted by molar-refractivity contribution is -0.113. The summed E-state index contributed by atoms with van der Waals surface area (Å²) in [5.74, 6) is 0.555. The van der Waals surface area contributed by atoms with Crippen molar-refractivity contribution in [1.29, 1.82) is 0 Å². The number of hydrogen-bond donors (Lipinski definition) is 1. The lowest BCUT2D eigenvalue weighted by atomic mass is 10.1. The van der Waals surface area contributed by atoms with Crippen LogP contribution in [0.3, 0.4) is 0 Å². The standard InChI is InChI=1S/C21H19N5O4S/c1-25-18(12-4-7-14(30-3)8-5-12)23-24-21(25)31-11-17(27)22-13-6-9-15-16(10-13)20(29)26(2)19(15)28/h4-10H,11H2,1-3H3,(H,22,27). The van der Waals surface area contributed by atoms with Gasteiger partial charge in [0.1, 0.15) is 5.75 Å².